The van der Waals surface area contributed by atoms with Crippen molar-refractivity contribution in [1.82, 2.24) is 0 Å². The molecule has 0 bridgehead atoms. The lowest BCUT2D eigenvalue weighted by molar-refractivity contribution is 0.0697. The average Bonchev–Trinajstić information content (AvgIpc) is 2.33. The highest BCUT2D eigenvalue weighted by atomic mass is 16.5. The van der Waals surface area contributed by atoms with Crippen LogP contribution in [-0.4, -0.2) is 37.9 Å². The SMILES string of the molecule is COCCN(CC(C)C)c1cc(N)ccc1C(=O)O. The van der Waals surface area contributed by atoms with E-state index >= 15 is 0 Å². The van der Waals surface area contributed by atoms with Gasteiger partial charge in [0.25, 0.3) is 0 Å². The Morgan fingerprint density at radius 1 is 1.47 bits per heavy atom. The van der Waals surface area contributed by atoms with Crippen LogP contribution in [0.3, 0.4) is 0 Å². The highest BCUT2D eigenvalue weighted by molar-refractivity contribution is 5.95. The smallest absolute Gasteiger partial charge is 0.337 e. The minimum Gasteiger partial charge on any atom is -0.478 e. The number of ether oxygens (including phenoxy) is 1. The van der Waals surface area contributed by atoms with Crippen LogP contribution >= 0.6 is 0 Å². The Bertz CT molecular complexity index is 433. The predicted molar refractivity (Wildman–Crippen MR) is 76.7 cm³/mol. The maximum atomic E-state index is 11.3. The molecule has 0 heterocycles. The molecule has 0 spiro atoms. The van der Waals surface area contributed by atoms with Gasteiger partial charge in [-0.2, -0.15) is 0 Å². The third kappa shape index (κ3) is 4.44. The van der Waals surface area contributed by atoms with Crippen LogP contribution in [0.1, 0.15) is 24.2 Å². The summed E-state index contributed by atoms with van der Waals surface area (Å²) in [6.07, 6.45) is 0. The van der Waals surface area contributed by atoms with Crippen molar-refractivity contribution in [2.45, 2.75) is 13.8 Å². The van der Waals surface area contributed by atoms with Crippen molar-refractivity contribution in [2.24, 2.45) is 5.92 Å². The second kappa shape index (κ2) is 6.99. The molecule has 0 amide bonds. The van der Waals surface area contributed by atoms with E-state index in [1.807, 2.05) is 4.90 Å². The summed E-state index contributed by atoms with van der Waals surface area (Å²) in [5.74, 6) is -0.527. The number of methoxy groups -OCH3 is 1. The molecule has 0 saturated heterocycles. The fourth-order valence-corrected chi connectivity index (χ4v) is 1.94. The summed E-state index contributed by atoms with van der Waals surface area (Å²) in [5, 5.41) is 9.27. The van der Waals surface area contributed by atoms with Crippen LogP contribution < -0.4 is 10.6 Å². The summed E-state index contributed by atoms with van der Waals surface area (Å²) in [5.41, 5.74) is 7.26. The second-order valence-corrected chi connectivity index (χ2v) is 4.91. The number of carboxylic acids is 1. The van der Waals surface area contributed by atoms with E-state index in [0.29, 0.717) is 30.4 Å². The fourth-order valence-electron chi connectivity index (χ4n) is 1.94. The van der Waals surface area contributed by atoms with Gasteiger partial charge in [0, 0.05) is 25.9 Å². The number of aromatic carboxylic acids is 1. The van der Waals surface area contributed by atoms with Gasteiger partial charge in [0.05, 0.1) is 17.9 Å². The molecule has 0 saturated carbocycles. The molecule has 0 aliphatic rings. The largest absolute Gasteiger partial charge is 0.478 e. The fraction of sp³-hybridized carbons (Fsp3) is 0.500. The van der Waals surface area contributed by atoms with Crippen LogP contribution in [-0.2, 0) is 4.74 Å². The number of rotatable bonds is 7. The molecule has 1 aromatic carbocycles. The van der Waals surface area contributed by atoms with Crippen LogP contribution in [0.5, 0.6) is 0 Å². The van der Waals surface area contributed by atoms with E-state index in [1.165, 1.54) is 0 Å². The quantitative estimate of drug-likeness (QED) is 0.739. The lowest BCUT2D eigenvalue weighted by Crippen LogP contribution is -2.32. The normalized spacial score (nSPS) is 10.7. The van der Waals surface area contributed by atoms with E-state index in [0.717, 1.165) is 6.54 Å². The molecular weight excluding hydrogens is 244 g/mol. The van der Waals surface area contributed by atoms with Gasteiger partial charge in [0.2, 0.25) is 0 Å². The van der Waals surface area contributed by atoms with Crippen LogP contribution in [0, 0.1) is 5.92 Å². The van der Waals surface area contributed by atoms with Gasteiger partial charge >= 0.3 is 5.97 Å². The molecule has 1 rings (SSSR count). The van der Waals surface area contributed by atoms with E-state index in [-0.39, 0.29) is 5.56 Å². The van der Waals surface area contributed by atoms with Gasteiger partial charge in [0.1, 0.15) is 0 Å². The standard InChI is InChI=1S/C14H22N2O3/c1-10(2)9-16(6-7-19-3)13-8-11(15)4-5-12(13)14(17)18/h4-5,8,10H,6-7,9,15H2,1-3H3,(H,17,18). The molecular formula is C14H22N2O3. The van der Waals surface area contributed by atoms with Crippen LogP contribution in [0.2, 0.25) is 0 Å². The van der Waals surface area contributed by atoms with Crippen molar-refractivity contribution in [3.63, 3.8) is 0 Å². The first kappa shape index (κ1) is 15.3. The number of carbonyl (C=O) groups is 1. The van der Waals surface area contributed by atoms with Crippen LogP contribution in [0.25, 0.3) is 0 Å². The van der Waals surface area contributed by atoms with Crippen LogP contribution in [0.4, 0.5) is 11.4 Å². The first-order chi connectivity index (χ1) is 8.95. The molecule has 0 unspecified atom stereocenters. The summed E-state index contributed by atoms with van der Waals surface area (Å²) in [6.45, 7) is 6.12. The Labute approximate surface area is 114 Å². The zero-order valence-electron chi connectivity index (χ0n) is 11.7. The molecule has 106 valence electrons. The molecule has 1 aromatic rings. The summed E-state index contributed by atoms with van der Waals surface area (Å²) in [6, 6.07) is 4.87. The maximum Gasteiger partial charge on any atom is 0.337 e. The Hall–Kier alpha value is -1.75. The Kier molecular flexibility index (Phi) is 5.63. The van der Waals surface area contributed by atoms with Gasteiger partial charge < -0.3 is 20.5 Å². The van der Waals surface area contributed by atoms with Gasteiger partial charge in [-0.25, -0.2) is 4.79 Å². The molecule has 0 aromatic heterocycles. The number of nitrogens with two attached hydrogens (primary N) is 1. The zero-order valence-corrected chi connectivity index (χ0v) is 11.7. The monoisotopic (exact) mass is 266 g/mol. The minimum atomic E-state index is -0.943. The van der Waals surface area contributed by atoms with E-state index in [9.17, 15) is 9.90 Å². The van der Waals surface area contributed by atoms with Crippen molar-refractivity contribution >= 4 is 17.3 Å². The highest BCUT2D eigenvalue weighted by Crippen LogP contribution is 2.24. The number of hydrogen-bond acceptors (Lipinski definition) is 4. The molecule has 0 radical (unpaired) electrons. The summed E-state index contributed by atoms with van der Waals surface area (Å²) in [4.78, 5) is 13.3. The molecule has 0 atom stereocenters. The number of nitrogen functional groups attached to an aromatic ring is 1. The van der Waals surface area contributed by atoms with E-state index < -0.39 is 5.97 Å². The lowest BCUT2D eigenvalue weighted by atomic mass is 10.1. The van der Waals surface area contributed by atoms with E-state index in [2.05, 4.69) is 13.8 Å². The molecule has 0 aliphatic carbocycles. The first-order valence-corrected chi connectivity index (χ1v) is 6.32. The topological polar surface area (TPSA) is 75.8 Å². The lowest BCUT2D eigenvalue weighted by Gasteiger charge is -2.28. The maximum absolute atomic E-state index is 11.3. The highest BCUT2D eigenvalue weighted by Gasteiger charge is 2.17. The van der Waals surface area contributed by atoms with Gasteiger partial charge in [0.15, 0.2) is 0 Å². The molecule has 0 aliphatic heterocycles. The molecule has 19 heavy (non-hydrogen) atoms. The van der Waals surface area contributed by atoms with E-state index in [1.54, 1.807) is 25.3 Å². The van der Waals surface area contributed by atoms with E-state index in [4.69, 9.17) is 10.5 Å². The molecule has 5 nitrogen and oxygen atoms in total. The minimum absolute atomic E-state index is 0.269. The van der Waals surface area contributed by atoms with Gasteiger partial charge in [-0.15, -0.1) is 0 Å². The number of hydrogen-bond donors (Lipinski definition) is 2. The average molecular weight is 266 g/mol. The number of nitrogens with zero attached hydrogens (tertiary/aromatic N) is 1. The second-order valence-electron chi connectivity index (χ2n) is 4.91. The van der Waals surface area contributed by atoms with Crippen LogP contribution in [0.15, 0.2) is 18.2 Å². The molecule has 0 fully saturated rings. The zero-order chi connectivity index (χ0) is 14.4. The van der Waals surface area contributed by atoms with Crippen molar-refractivity contribution in [3.05, 3.63) is 23.8 Å². The van der Waals surface area contributed by atoms with Gasteiger partial charge in [-0.05, 0) is 24.1 Å². The Morgan fingerprint density at radius 3 is 2.68 bits per heavy atom. The summed E-state index contributed by atoms with van der Waals surface area (Å²) in [7, 11) is 1.63. The van der Waals surface area contributed by atoms with Crippen molar-refractivity contribution in [1.29, 1.82) is 0 Å². The van der Waals surface area contributed by atoms with Gasteiger partial charge in [-0.3, -0.25) is 0 Å². The Balaban J connectivity index is 3.11. The van der Waals surface area contributed by atoms with Crippen molar-refractivity contribution in [2.75, 3.05) is 37.4 Å². The summed E-state index contributed by atoms with van der Waals surface area (Å²) >= 11 is 0. The first-order valence-electron chi connectivity index (χ1n) is 6.32. The Morgan fingerprint density at radius 2 is 2.16 bits per heavy atom. The predicted octanol–water partition coefficient (Wildman–Crippen LogP) is 2.08. The molecule has 5 heteroatoms. The van der Waals surface area contributed by atoms with Crippen molar-refractivity contribution in [3.8, 4) is 0 Å². The molecule has 3 N–H and O–H groups in total. The number of carboxylic acid groups (broad SMARTS) is 1. The van der Waals surface area contributed by atoms with Crippen molar-refractivity contribution < 1.29 is 14.6 Å². The third-order valence-electron chi connectivity index (χ3n) is 2.74. The summed E-state index contributed by atoms with van der Waals surface area (Å²) < 4.78 is 5.09. The van der Waals surface area contributed by atoms with Gasteiger partial charge in [-0.1, -0.05) is 13.8 Å². The third-order valence-corrected chi connectivity index (χ3v) is 2.74. The number of benzene rings is 1. The number of anilines is 2.